The number of H-pyrrole nitrogens is 1. The number of hydrogen-bond donors (Lipinski definition) is 5. The Morgan fingerprint density at radius 1 is 0.380 bits per heavy atom. The van der Waals surface area contributed by atoms with E-state index in [4.69, 9.17) is 38.7 Å². The number of aliphatic hydroxyl groups excluding tert-OH is 2. The number of aromatic nitrogens is 12. The minimum Gasteiger partial charge on any atom is -0.506 e. The summed E-state index contributed by atoms with van der Waals surface area (Å²) in [5.41, 5.74) is 6.79. The molecule has 0 bridgehead atoms. The molecule has 738 valence electrons. The number of benzene rings is 8. The van der Waals surface area contributed by atoms with Crippen molar-refractivity contribution in [2.45, 2.75) is 117 Å². The first-order chi connectivity index (χ1) is 67.4. The summed E-state index contributed by atoms with van der Waals surface area (Å²) in [5.74, 6) is -4.33. The topological polar surface area (TPSA) is 336 Å². The number of aromatic hydroxyl groups is 2. The van der Waals surface area contributed by atoms with Crippen molar-refractivity contribution in [1.82, 2.24) is 69.3 Å². The van der Waals surface area contributed by atoms with Gasteiger partial charge in [-0.2, -0.15) is 20.4 Å². The molecule has 0 saturated carbocycles. The fourth-order valence-electron chi connectivity index (χ4n) is 13.7. The van der Waals surface area contributed by atoms with Crippen LogP contribution in [0.5, 0.6) is 17.2 Å². The Morgan fingerprint density at radius 2 is 0.746 bits per heavy atom. The molecular weight excluding hydrogens is 1910 g/mol. The maximum Gasteiger partial charge on any atom is 0.494 e. The van der Waals surface area contributed by atoms with E-state index in [2.05, 4.69) is 71.2 Å². The van der Waals surface area contributed by atoms with E-state index < -0.39 is 64.9 Å². The first kappa shape index (κ1) is 108. The van der Waals surface area contributed by atoms with Gasteiger partial charge >= 0.3 is 14.2 Å². The normalized spacial score (nSPS) is 13.4. The van der Waals surface area contributed by atoms with Gasteiger partial charge in [0.15, 0.2) is 11.6 Å². The maximum atomic E-state index is 13.6. The molecule has 7 aromatic heterocycles. The molecule has 8 aromatic carbocycles. The summed E-state index contributed by atoms with van der Waals surface area (Å²) in [5, 5.41) is 54.1. The molecule has 0 aliphatic carbocycles. The number of rotatable bonds is 23. The van der Waals surface area contributed by atoms with Crippen LogP contribution in [0.4, 0.5) is 35.1 Å². The highest BCUT2D eigenvalue weighted by atomic mass is 79.9. The molecule has 5 N–H and O–H groups in total. The summed E-state index contributed by atoms with van der Waals surface area (Å²) in [4.78, 5) is 68.3. The van der Waals surface area contributed by atoms with Gasteiger partial charge in [0.2, 0.25) is 0 Å². The Morgan fingerprint density at radius 3 is 1.11 bits per heavy atom. The molecule has 2 fully saturated rings. The lowest BCUT2D eigenvalue weighted by atomic mass is 9.78. The summed E-state index contributed by atoms with van der Waals surface area (Å²) in [6.45, 7) is 19.5. The van der Waals surface area contributed by atoms with E-state index in [1.165, 1.54) is 105 Å². The lowest BCUT2D eigenvalue weighted by molar-refractivity contribution is 0.00578. The highest BCUT2D eigenvalue weighted by Crippen LogP contribution is 2.39. The third kappa shape index (κ3) is 31.9. The number of hydrogen-bond acceptors (Lipinski definition) is 23. The molecule has 0 amide bonds. The minimum atomic E-state index is -0.721. The van der Waals surface area contributed by atoms with E-state index in [0.717, 1.165) is 124 Å². The van der Waals surface area contributed by atoms with Crippen molar-refractivity contribution in [2.24, 2.45) is 0 Å². The van der Waals surface area contributed by atoms with Crippen molar-refractivity contribution in [3.8, 4) is 84.9 Å². The van der Waals surface area contributed by atoms with E-state index in [-0.39, 0.29) is 106 Å². The van der Waals surface area contributed by atoms with Crippen molar-refractivity contribution in [1.29, 1.82) is 0 Å². The molecule has 2 saturated heterocycles. The second-order valence-corrected chi connectivity index (χ2v) is 36.0. The van der Waals surface area contributed by atoms with Crippen LogP contribution in [-0.2, 0) is 44.9 Å². The first-order valence-corrected chi connectivity index (χ1v) is 45.4. The van der Waals surface area contributed by atoms with Crippen LogP contribution in [0.15, 0.2) is 291 Å². The molecular formula is C104H105B2BrF8N14O13. The van der Waals surface area contributed by atoms with Crippen molar-refractivity contribution in [2.75, 3.05) is 54.5 Å². The Hall–Kier alpha value is -14.2. The fraction of sp³-hybridized carbons (Fsp3) is 0.250. The van der Waals surface area contributed by atoms with E-state index in [9.17, 15) is 59.4 Å². The largest absolute Gasteiger partial charge is 0.506 e. The van der Waals surface area contributed by atoms with Crippen LogP contribution in [0, 0.1) is 46.5 Å². The third-order valence-electron chi connectivity index (χ3n) is 22.3. The van der Waals surface area contributed by atoms with Crippen LogP contribution in [0.3, 0.4) is 0 Å². The summed E-state index contributed by atoms with van der Waals surface area (Å²) >= 11 is 3.12. The minimum absolute atomic E-state index is 0.0351. The smallest absolute Gasteiger partial charge is 0.494 e. The average molecular weight is 2010 g/mol. The number of ether oxygens (including phenoxy) is 1. The van der Waals surface area contributed by atoms with Gasteiger partial charge in [-0.25, -0.2) is 69.2 Å². The zero-order valence-electron chi connectivity index (χ0n) is 79.8. The quantitative estimate of drug-likeness (QED) is 0.0172. The summed E-state index contributed by atoms with van der Waals surface area (Å²) in [6.07, 6.45) is 7.48. The Balaban J connectivity index is 0.000000167. The van der Waals surface area contributed by atoms with Gasteiger partial charge in [0, 0.05) is 95.1 Å². The molecule has 38 heteroatoms. The van der Waals surface area contributed by atoms with Gasteiger partial charge in [-0.3, -0.25) is 24.2 Å². The molecule has 0 spiro atoms. The maximum absolute atomic E-state index is 13.6. The number of halogens is 9. The summed E-state index contributed by atoms with van der Waals surface area (Å²) in [7, 11) is 7.17. The molecule has 15 aromatic rings. The van der Waals surface area contributed by atoms with Gasteiger partial charge in [-0.15, -0.1) is 0 Å². The molecule has 2 aliphatic heterocycles. The molecule has 9 heterocycles. The van der Waals surface area contributed by atoms with E-state index in [1.54, 1.807) is 36.5 Å². The Kier molecular flexibility index (Phi) is 37.9. The number of aliphatic hydroxyl groups is 2. The number of aromatic amines is 1. The van der Waals surface area contributed by atoms with Crippen LogP contribution < -0.4 is 37.9 Å². The van der Waals surface area contributed by atoms with Gasteiger partial charge in [0.1, 0.15) is 62.6 Å². The highest BCUT2D eigenvalue weighted by Gasteiger charge is 2.53. The molecule has 142 heavy (non-hydrogen) atoms. The Bertz CT molecular complexity index is 6880. The predicted octanol–water partition coefficient (Wildman–Crippen LogP) is 16.2. The lowest BCUT2D eigenvalue weighted by Gasteiger charge is -2.32. The average Bonchev–Trinajstić information content (AvgIpc) is 1.62. The second-order valence-electron chi connectivity index (χ2n) is 35.2. The molecule has 2 aliphatic rings. The zero-order valence-corrected chi connectivity index (χ0v) is 81.4. The SMILES string of the molecule is CC1(C)OB(c2cccc(CO)c2)OC1(C)C.CC1(C)OB(c2cccc(Cn3nc(-c4cc(F)cc(F)c4)ccc3=O)c2)OC1(C)C.CN(C)CCCO.CN(C)CCCOc1ccc(-c2cccc(Cn3nc(-c4cc(F)cc(F)c4)ccc3=O)c2)nc1.O=c1ccc(-c2cc(F)cc(F)c2)n[nH]1.O=c1ccc(-c2cc(F)cc(F)c2)nn1Cc1cccc(-c2ncc(O)cn2)c1.Oc1ccc(Br)nc1. The van der Waals surface area contributed by atoms with Crippen LogP contribution in [0.1, 0.15) is 90.5 Å². The number of nitrogens with zero attached hydrogens (tertiary/aromatic N) is 13. The van der Waals surface area contributed by atoms with Crippen molar-refractivity contribution >= 4 is 41.1 Å². The first-order valence-electron chi connectivity index (χ1n) is 44.6. The van der Waals surface area contributed by atoms with Crippen LogP contribution in [0.25, 0.3) is 67.7 Å². The van der Waals surface area contributed by atoms with Gasteiger partial charge in [-0.05, 0) is 261 Å². The monoisotopic (exact) mass is 2010 g/mol. The zero-order chi connectivity index (χ0) is 103. The van der Waals surface area contributed by atoms with E-state index >= 15 is 0 Å². The van der Waals surface area contributed by atoms with Gasteiger partial charge in [-0.1, -0.05) is 84.9 Å². The predicted molar refractivity (Wildman–Crippen MR) is 531 cm³/mol. The number of nitrogens with one attached hydrogen (secondary N) is 1. The van der Waals surface area contributed by atoms with E-state index in [0.29, 0.717) is 47.4 Å². The van der Waals surface area contributed by atoms with Crippen molar-refractivity contribution in [3.05, 3.63) is 382 Å². The molecule has 0 radical (unpaired) electrons. The summed E-state index contributed by atoms with van der Waals surface area (Å²) < 4.78 is 141. The molecule has 27 nitrogen and oxygen atoms in total. The number of pyridine rings is 2. The van der Waals surface area contributed by atoms with Crippen molar-refractivity contribution < 1.29 is 78.9 Å². The lowest BCUT2D eigenvalue weighted by Crippen LogP contribution is -2.41. The van der Waals surface area contributed by atoms with Crippen LogP contribution in [0.2, 0.25) is 0 Å². The van der Waals surface area contributed by atoms with Gasteiger partial charge in [0.25, 0.3) is 22.2 Å². The second kappa shape index (κ2) is 49.8. The van der Waals surface area contributed by atoms with Crippen molar-refractivity contribution in [3.63, 3.8) is 0 Å². The highest BCUT2D eigenvalue weighted by molar-refractivity contribution is 9.10. The standard InChI is InChI=1S/C27H26F2N4O2.C23H23BF2N2O3.C21H14F2N4O2.C13H19BO3.C10H6F2N2O.C5H4BrNO.C5H13NO/c1-32(2)11-4-12-35-24-7-8-25(30-17-24)20-6-3-5-19(13-20)18-33-27(34)10-9-26(31-33)21-14-22(28)16-23(29)15-21;1-22(2)23(3,4)31-24(30-22)17-7-5-6-15(10-17)14-28-21(29)9-8-20(27-28)16-11-18(25)13-19(26)12-16;22-16-7-15(8-17(23)9-16)19-4-5-20(29)27(26-19)12-13-2-1-3-14(6-13)21-24-10-18(28)11-25-21;1-12(2)13(3,4)17-14(16-12)11-7-5-6-10(8-11)9-15;11-7-3-6(4-8(12)5-7)9-1-2-10(15)14-13-9;6-5-2-1-4(8)3-7-5;1-6(2)4-3-5-7/h3,5-10,13-17H,4,11-12,18H2,1-2H3;5-13H,14H2,1-4H3;1-11,28H,12H2;5-8,15H,9H2,1-4H3;1-5H,(H,14,15);1-3,8H;7H,3-5H2,1-2H3. The van der Waals surface area contributed by atoms with Gasteiger partial charge < -0.3 is 53.6 Å². The van der Waals surface area contributed by atoms with E-state index in [1.807, 2.05) is 175 Å². The summed E-state index contributed by atoms with van der Waals surface area (Å²) in [6, 6.07) is 60.5. The van der Waals surface area contributed by atoms with Gasteiger partial charge in [0.05, 0.1) is 109 Å². The molecule has 17 rings (SSSR count). The molecule has 0 atom stereocenters. The third-order valence-corrected chi connectivity index (χ3v) is 22.8. The fourth-order valence-corrected chi connectivity index (χ4v) is 13.9. The van der Waals surface area contributed by atoms with Crippen LogP contribution in [-0.4, -0.2) is 181 Å². The Labute approximate surface area is 823 Å². The van der Waals surface area contributed by atoms with Crippen LogP contribution >= 0.6 is 15.9 Å². The molecule has 0 unspecified atom stereocenters.